The number of carbonyl (C=O) groups is 2. The van der Waals surface area contributed by atoms with Gasteiger partial charge in [0.05, 0.1) is 12.2 Å². The van der Waals surface area contributed by atoms with Crippen LogP contribution in [0.1, 0.15) is 28.9 Å². The Morgan fingerprint density at radius 2 is 1.82 bits per heavy atom. The number of amides is 1. The fraction of sp³-hybridized carbons (Fsp3) is 0.423. The molecule has 0 unspecified atom stereocenters. The van der Waals surface area contributed by atoms with Crippen LogP contribution in [-0.4, -0.2) is 89.2 Å². The van der Waals surface area contributed by atoms with E-state index in [0.29, 0.717) is 18.7 Å². The Labute approximate surface area is 204 Å². The molecule has 5 rings (SSSR count). The molecule has 8 heteroatoms. The molecule has 2 aliphatic rings. The zero-order valence-corrected chi connectivity index (χ0v) is 20.4. The summed E-state index contributed by atoms with van der Waals surface area (Å²) in [5, 5.41) is 2.94. The van der Waals surface area contributed by atoms with E-state index in [0.717, 1.165) is 79.5 Å². The van der Waals surface area contributed by atoms with Gasteiger partial charge in [-0.1, -0.05) is 18.2 Å². The van der Waals surface area contributed by atoms with Crippen molar-refractivity contribution in [3.05, 3.63) is 53.2 Å². The van der Waals surface area contributed by atoms with E-state index in [1.807, 2.05) is 40.7 Å². The number of likely N-dealkylation sites (tertiary alicyclic amines) is 1. The van der Waals surface area contributed by atoms with Gasteiger partial charge in [0.15, 0.2) is 5.78 Å². The zero-order chi connectivity index (χ0) is 23.5. The van der Waals surface area contributed by atoms with E-state index in [1.165, 1.54) is 0 Å². The molecule has 0 aliphatic carbocycles. The Bertz CT molecular complexity index is 1160. The van der Waals surface area contributed by atoms with E-state index in [1.54, 1.807) is 11.3 Å². The summed E-state index contributed by atoms with van der Waals surface area (Å²) in [4.78, 5) is 39.7. The van der Waals surface area contributed by atoms with E-state index in [9.17, 15) is 9.59 Å². The second-order valence-electron chi connectivity index (χ2n) is 9.33. The number of ketones is 1. The van der Waals surface area contributed by atoms with Crippen molar-refractivity contribution in [3.8, 4) is 21.8 Å². The molecule has 1 amide bonds. The number of piperazine rings is 1. The molecule has 1 N–H and O–H groups in total. The maximum absolute atomic E-state index is 12.6. The average Bonchev–Trinajstić information content (AvgIpc) is 3.62. The van der Waals surface area contributed by atoms with Crippen molar-refractivity contribution in [2.45, 2.75) is 19.3 Å². The van der Waals surface area contributed by atoms with Crippen LogP contribution in [0.2, 0.25) is 0 Å². The largest absolute Gasteiger partial charge is 0.357 e. The second-order valence-corrected chi connectivity index (χ2v) is 10.2. The van der Waals surface area contributed by atoms with Crippen LogP contribution in [-0.2, 0) is 11.2 Å². The maximum Gasteiger partial charge on any atom is 0.270 e. The normalized spacial score (nSPS) is 17.4. The molecule has 0 bridgehead atoms. The van der Waals surface area contributed by atoms with Gasteiger partial charge in [0.2, 0.25) is 0 Å². The third-order valence-electron chi connectivity index (χ3n) is 6.68. The van der Waals surface area contributed by atoms with E-state index < -0.39 is 0 Å². The number of hydrogen-bond acceptors (Lipinski definition) is 6. The molecule has 34 heavy (non-hydrogen) atoms. The highest BCUT2D eigenvalue weighted by molar-refractivity contribution is 7.13. The summed E-state index contributed by atoms with van der Waals surface area (Å²) in [6.45, 7) is 6.13. The number of rotatable bonds is 7. The minimum atomic E-state index is 0.0631. The first-order valence-corrected chi connectivity index (χ1v) is 12.9. The van der Waals surface area contributed by atoms with Crippen LogP contribution in [0, 0.1) is 0 Å². The molecule has 2 aliphatic heterocycles. The molecule has 1 aromatic carbocycles. The molecular weight excluding hydrogens is 446 g/mol. The standard InChI is InChI=1S/C26H31N5O2S/c1-29-9-11-30(12-10-29)17-22(32)14-19-5-4-6-20(13-19)25-28-24(18-34-25)21-15-23(27-16-21)26(33)31-7-2-3-8-31/h4-6,13,15-16,18,27H,2-3,7-12,14,17H2,1H3. The molecule has 2 fully saturated rings. The van der Waals surface area contributed by atoms with Gasteiger partial charge in [-0.15, -0.1) is 11.3 Å². The lowest BCUT2D eigenvalue weighted by Gasteiger charge is -2.31. The van der Waals surface area contributed by atoms with Crippen LogP contribution in [0.4, 0.5) is 0 Å². The van der Waals surface area contributed by atoms with Gasteiger partial charge in [-0.25, -0.2) is 4.98 Å². The summed E-state index contributed by atoms with van der Waals surface area (Å²) in [7, 11) is 2.12. The van der Waals surface area contributed by atoms with Gasteiger partial charge in [0.25, 0.3) is 5.91 Å². The van der Waals surface area contributed by atoms with Gasteiger partial charge in [-0.3, -0.25) is 14.5 Å². The first-order chi connectivity index (χ1) is 16.5. The Hall–Kier alpha value is -2.81. The van der Waals surface area contributed by atoms with E-state index >= 15 is 0 Å². The number of nitrogens with one attached hydrogen (secondary N) is 1. The number of hydrogen-bond donors (Lipinski definition) is 1. The third kappa shape index (κ3) is 5.29. The summed E-state index contributed by atoms with van der Waals surface area (Å²) in [5.74, 6) is 0.317. The van der Waals surface area contributed by atoms with Crippen molar-refractivity contribution in [1.82, 2.24) is 24.7 Å². The van der Waals surface area contributed by atoms with E-state index in [4.69, 9.17) is 4.98 Å². The third-order valence-corrected chi connectivity index (χ3v) is 7.57. The van der Waals surface area contributed by atoms with E-state index in [2.05, 4.69) is 27.9 Å². The highest BCUT2D eigenvalue weighted by Gasteiger charge is 2.21. The quantitative estimate of drug-likeness (QED) is 0.565. The molecule has 0 atom stereocenters. The summed E-state index contributed by atoms with van der Waals surface area (Å²) in [6.07, 6.45) is 4.46. The predicted molar refractivity (Wildman–Crippen MR) is 135 cm³/mol. The van der Waals surface area contributed by atoms with Gasteiger partial charge in [0.1, 0.15) is 10.7 Å². The highest BCUT2D eigenvalue weighted by Crippen LogP contribution is 2.30. The number of likely N-dealkylation sites (N-methyl/N-ethyl adjacent to an activating group) is 1. The minimum Gasteiger partial charge on any atom is -0.357 e. The lowest BCUT2D eigenvalue weighted by Crippen LogP contribution is -2.46. The van der Waals surface area contributed by atoms with Crippen LogP contribution < -0.4 is 0 Å². The lowest BCUT2D eigenvalue weighted by atomic mass is 10.1. The molecular formula is C26H31N5O2S. The second kappa shape index (κ2) is 10.2. The van der Waals surface area contributed by atoms with Crippen LogP contribution in [0.5, 0.6) is 0 Å². The van der Waals surface area contributed by atoms with Crippen LogP contribution in [0.3, 0.4) is 0 Å². The fourth-order valence-electron chi connectivity index (χ4n) is 4.65. The van der Waals surface area contributed by atoms with Crippen molar-refractivity contribution in [3.63, 3.8) is 0 Å². The SMILES string of the molecule is CN1CCN(CC(=O)Cc2cccc(-c3nc(-c4c[nH]c(C(=O)N5CCCC5)c4)cs3)c2)CC1. The number of benzene rings is 1. The van der Waals surface area contributed by atoms with Crippen molar-refractivity contribution in [2.24, 2.45) is 0 Å². The number of aromatic nitrogens is 2. The van der Waals surface area contributed by atoms with Crippen molar-refractivity contribution in [1.29, 1.82) is 0 Å². The monoisotopic (exact) mass is 477 g/mol. The average molecular weight is 478 g/mol. The van der Waals surface area contributed by atoms with Gasteiger partial charge in [-0.2, -0.15) is 0 Å². The summed E-state index contributed by atoms with van der Waals surface area (Å²) >= 11 is 1.58. The number of thiazole rings is 1. The van der Waals surface area contributed by atoms with Crippen molar-refractivity contribution < 1.29 is 9.59 Å². The number of aromatic amines is 1. The molecule has 0 spiro atoms. The van der Waals surface area contributed by atoms with Crippen molar-refractivity contribution in [2.75, 3.05) is 52.9 Å². The molecule has 2 saturated heterocycles. The highest BCUT2D eigenvalue weighted by atomic mass is 32.1. The smallest absolute Gasteiger partial charge is 0.270 e. The lowest BCUT2D eigenvalue weighted by molar-refractivity contribution is -0.119. The summed E-state index contributed by atoms with van der Waals surface area (Å²) < 4.78 is 0. The Kier molecular flexibility index (Phi) is 6.89. The molecule has 4 heterocycles. The van der Waals surface area contributed by atoms with Gasteiger partial charge in [-0.05, 0) is 37.6 Å². The van der Waals surface area contributed by atoms with Crippen molar-refractivity contribution >= 4 is 23.0 Å². The first-order valence-electron chi connectivity index (χ1n) is 12.0. The van der Waals surface area contributed by atoms with Crippen LogP contribution in [0.15, 0.2) is 41.9 Å². The molecule has 3 aromatic rings. The van der Waals surface area contributed by atoms with Crippen LogP contribution >= 0.6 is 11.3 Å². The Morgan fingerprint density at radius 3 is 2.62 bits per heavy atom. The van der Waals surface area contributed by atoms with Gasteiger partial charge >= 0.3 is 0 Å². The summed E-state index contributed by atoms with van der Waals surface area (Å²) in [6, 6.07) is 10.0. The van der Waals surface area contributed by atoms with E-state index in [-0.39, 0.29) is 11.7 Å². The predicted octanol–water partition coefficient (Wildman–Crippen LogP) is 3.40. The number of carbonyl (C=O) groups excluding carboxylic acids is 2. The molecule has 0 radical (unpaired) electrons. The molecule has 0 saturated carbocycles. The molecule has 7 nitrogen and oxygen atoms in total. The van der Waals surface area contributed by atoms with Gasteiger partial charge in [0, 0.05) is 68.4 Å². The number of nitrogens with zero attached hydrogens (tertiary/aromatic N) is 4. The Balaban J connectivity index is 1.23. The number of H-pyrrole nitrogens is 1. The minimum absolute atomic E-state index is 0.0631. The molecule has 2 aromatic heterocycles. The zero-order valence-electron chi connectivity index (χ0n) is 19.6. The fourth-order valence-corrected chi connectivity index (χ4v) is 5.47. The topological polar surface area (TPSA) is 72.5 Å². The summed E-state index contributed by atoms with van der Waals surface area (Å²) in [5.41, 5.74) is 4.43. The van der Waals surface area contributed by atoms with Gasteiger partial charge < -0.3 is 14.8 Å². The maximum atomic E-state index is 12.6. The van der Waals surface area contributed by atoms with Crippen LogP contribution in [0.25, 0.3) is 21.8 Å². The molecule has 178 valence electrons. The Morgan fingerprint density at radius 1 is 1.03 bits per heavy atom. The number of Topliss-reactive ketones (excluding diaryl/α,β-unsaturated/α-hetero) is 1. The first kappa shape index (κ1) is 23.0.